The van der Waals surface area contributed by atoms with Gasteiger partial charge in [-0.25, -0.2) is 4.90 Å². The van der Waals surface area contributed by atoms with E-state index in [9.17, 15) is 9.59 Å². The molecule has 0 aromatic heterocycles. The van der Waals surface area contributed by atoms with E-state index in [0.717, 1.165) is 0 Å². The van der Waals surface area contributed by atoms with Gasteiger partial charge in [0, 0.05) is 0 Å². The summed E-state index contributed by atoms with van der Waals surface area (Å²) in [5, 5.41) is 0. The third kappa shape index (κ3) is 1.93. The third-order valence-electron chi connectivity index (χ3n) is 4.78. The highest BCUT2D eigenvalue weighted by Gasteiger charge is 2.65. The van der Waals surface area contributed by atoms with Crippen LogP contribution in [0.25, 0.3) is 0 Å². The van der Waals surface area contributed by atoms with Gasteiger partial charge < -0.3 is 9.47 Å². The lowest BCUT2D eigenvalue weighted by Crippen LogP contribution is -2.46. The fourth-order valence-corrected chi connectivity index (χ4v) is 3.81. The second-order valence-electron chi connectivity index (χ2n) is 6.04. The lowest BCUT2D eigenvalue weighted by atomic mass is 9.80. The molecule has 4 atom stereocenters. The molecule has 2 fully saturated rings. The highest BCUT2D eigenvalue weighted by Crippen LogP contribution is 2.49. The van der Waals surface area contributed by atoms with Crippen LogP contribution in [-0.2, 0) is 19.1 Å². The molecule has 5 heteroatoms. The molecule has 4 rings (SSSR count). The predicted octanol–water partition coefficient (Wildman–Crippen LogP) is 1.70. The minimum Gasteiger partial charge on any atom is -0.374 e. The minimum absolute atomic E-state index is 0.230. The van der Waals surface area contributed by atoms with E-state index in [0.29, 0.717) is 12.3 Å². The van der Waals surface area contributed by atoms with Crippen molar-refractivity contribution in [3.63, 3.8) is 0 Å². The number of ether oxygens (including phenoxy) is 2. The Hall–Kier alpha value is -2.24. The monoisotopic (exact) mass is 311 g/mol. The van der Waals surface area contributed by atoms with E-state index in [1.165, 1.54) is 4.90 Å². The Morgan fingerprint density at radius 1 is 1.22 bits per heavy atom. The molecule has 3 heterocycles. The largest absolute Gasteiger partial charge is 0.374 e. The smallest absolute Gasteiger partial charge is 0.241 e. The maximum atomic E-state index is 13.0. The van der Waals surface area contributed by atoms with Gasteiger partial charge in [0.1, 0.15) is 5.60 Å². The fourth-order valence-electron chi connectivity index (χ4n) is 3.81. The second kappa shape index (κ2) is 5.15. The number of hydrogen-bond acceptors (Lipinski definition) is 4. The first-order valence-electron chi connectivity index (χ1n) is 7.67. The molecule has 2 amide bonds. The van der Waals surface area contributed by atoms with E-state index in [-0.39, 0.29) is 18.4 Å². The first-order chi connectivity index (χ1) is 11.2. The molecule has 3 aliphatic heterocycles. The number of benzene rings is 1. The van der Waals surface area contributed by atoms with Crippen molar-refractivity contribution in [2.45, 2.75) is 11.7 Å². The van der Waals surface area contributed by atoms with Crippen LogP contribution in [-0.4, -0.2) is 36.7 Å². The number of fused-ring (bicyclic) bond motifs is 2. The number of nitrogens with zero attached hydrogens (tertiary/aromatic N) is 1. The van der Waals surface area contributed by atoms with E-state index in [4.69, 9.17) is 9.47 Å². The van der Waals surface area contributed by atoms with E-state index in [2.05, 4.69) is 6.58 Å². The van der Waals surface area contributed by atoms with Crippen molar-refractivity contribution in [2.24, 2.45) is 11.8 Å². The number of imide groups is 1. The average Bonchev–Trinajstić information content (AvgIpc) is 3.04. The van der Waals surface area contributed by atoms with Gasteiger partial charge in [0.05, 0.1) is 36.8 Å². The lowest BCUT2D eigenvalue weighted by molar-refractivity contribution is -0.131. The van der Waals surface area contributed by atoms with Crippen LogP contribution in [0.3, 0.4) is 0 Å². The van der Waals surface area contributed by atoms with Gasteiger partial charge in [-0.15, -0.1) is 6.58 Å². The van der Waals surface area contributed by atoms with Gasteiger partial charge in [-0.3, -0.25) is 9.59 Å². The Kier molecular flexibility index (Phi) is 3.21. The Morgan fingerprint density at radius 3 is 2.65 bits per heavy atom. The van der Waals surface area contributed by atoms with Crippen LogP contribution in [0.5, 0.6) is 0 Å². The molecule has 0 bridgehead atoms. The molecule has 23 heavy (non-hydrogen) atoms. The summed E-state index contributed by atoms with van der Waals surface area (Å²) >= 11 is 0. The Labute approximate surface area is 134 Å². The normalized spacial score (nSPS) is 35.8. The van der Waals surface area contributed by atoms with Gasteiger partial charge in [0.25, 0.3) is 0 Å². The summed E-state index contributed by atoms with van der Waals surface area (Å²) in [5.74, 6) is -1.58. The molecule has 2 saturated heterocycles. The maximum Gasteiger partial charge on any atom is 0.241 e. The van der Waals surface area contributed by atoms with Gasteiger partial charge in [-0.2, -0.15) is 0 Å². The topological polar surface area (TPSA) is 55.8 Å². The molecule has 1 aromatic rings. The van der Waals surface area contributed by atoms with Gasteiger partial charge in [-0.1, -0.05) is 36.4 Å². The molecule has 0 saturated carbocycles. The van der Waals surface area contributed by atoms with Crippen molar-refractivity contribution in [2.75, 3.05) is 18.1 Å². The van der Waals surface area contributed by atoms with E-state index < -0.39 is 23.5 Å². The molecule has 5 nitrogen and oxygen atoms in total. The molecule has 0 radical (unpaired) electrons. The lowest BCUT2D eigenvalue weighted by Gasteiger charge is -2.32. The second-order valence-corrected chi connectivity index (χ2v) is 6.04. The summed E-state index contributed by atoms with van der Waals surface area (Å²) in [6.45, 7) is 4.53. The number of para-hydroxylation sites is 1. The quantitative estimate of drug-likeness (QED) is 0.616. The van der Waals surface area contributed by atoms with Crippen LogP contribution in [0.4, 0.5) is 5.69 Å². The van der Waals surface area contributed by atoms with Crippen molar-refractivity contribution < 1.29 is 19.1 Å². The van der Waals surface area contributed by atoms with E-state index in [1.807, 2.05) is 30.4 Å². The summed E-state index contributed by atoms with van der Waals surface area (Å²) in [5.41, 5.74) is -0.284. The van der Waals surface area contributed by atoms with Crippen LogP contribution in [0.15, 0.2) is 55.1 Å². The summed E-state index contributed by atoms with van der Waals surface area (Å²) in [4.78, 5) is 27.2. The number of carbonyl (C=O) groups excluding carboxylic acids is 2. The van der Waals surface area contributed by atoms with Gasteiger partial charge in [-0.05, 0) is 12.1 Å². The number of rotatable bonds is 2. The average molecular weight is 311 g/mol. The molecule has 118 valence electrons. The minimum atomic E-state index is -0.877. The van der Waals surface area contributed by atoms with Crippen molar-refractivity contribution in [3.05, 3.63) is 55.1 Å². The Morgan fingerprint density at radius 2 is 2.00 bits per heavy atom. The first-order valence-corrected chi connectivity index (χ1v) is 7.67. The third-order valence-corrected chi connectivity index (χ3v) is 4.78. The zero-order chi connectivity index (χ0) is 16.0. The molecule has 0 unspecified atom stereocenters. The van der Waals surface area contributed by atoms with Crippen molar-refractivity contribution in [1.82, 2.24) is 0 Å². The molecular formula is C18H17NO4. The van der Waals surface area contributed by atoms with Gasteiger partial charge in [0.15, 0.2) is 0 Å². The van der Waals surface area contributed by atoms with Crippen molar-refractivity contribution in [1.29, 1.82) is 0 Å². The molecular weight excluding hydrogens is 294 g/mol. The molecule has 3 aliphatic rings. The highest BCUT2D eigenvalue weighted by atomic mass is 16.6. The molecule has 1 spiro atoms. The SMILES string of the molecule is C=C[C@@H]1O[C@]2(C=CCOC2)[C@H]2C(=O)N(c3ccccc3)C(=O)[C@@H]12. The van der Waals surface area contributed by atoms with Crippen LogP contribution < -0.4 is 4.90 Å². The van der Waals surface area contributed by atoms with Crippen LogP contribution >= 0.6 is 0 Å². The van der Waals surface area contributed by atoms with Crippen LogP contribution in [0.1, 0.15) is 0 Å². The zero-order valence-electron chi connectivity index (χ0n) is 12.6. The number of carbonyl (C=O) groups is 2. The molecule has 1 aromatic carbocycles. The summed E-state index contributed by atoms with van der Waals surface area (Å²) in [7, 11) is 0. The number of amides is 2. The van der Waals surface area contributed by atoms with Crippen molar-refractivity contribution in [3.8, 4) is 0 Å². The fraction of sp³-hybridized carbons (Fsp3) is 0.333. The standard InChI is InChI=1S/C18H17NO4/c1-2-13-14-15(18(23-13)9-6-10-22-11-18)17(21)19(16(14)20)12-7-4-3-5-8-12/h2-9,13-15H,1,10-11H2/t13-,14-,15+,18-/m0/s1. The summed E-state index contributed by atoms with van der Waals surface area (Å²) in [6.07, 6.45) is 4.83. The number of hydrogen-bond donors (Lipinski definition) is 0. The van der Waals surface area contributed by atoms with E-state index >= 15 is 0 Å². The summed E-state index contributed by atoms with van der Waals surface area (Å²) in [6, 6.07) is 9.00. The predicted molar refractivity (Wildman–Crippen MR) is 83.7 cm³/mol. The molecule has 0 N–H and O–H groups in total. The maximum absolute atomic E-state index is 13.0. The van der Waals surface area contributed by atoms with Gasteiger partial charge in [0.2, 0.25) is 11.8 Å². The molecule has 0 aliphatic carbocycles. The first kappa shape index (κ1) is 14.4. The zero-order valence-corrected chi connectivity index (χ0v) is 12.6. The Bertz CT molecular complexity index is 698. The Balaban J connectivity index is 1.80. The summed E-state index contributed by atoms with van der Waals surface area (Å²) < 4.78 is 11.5. The van der Waals surface area contributed by atoms with E-state index in [1.54, 1.807) is 18.2 Å². The van der Waals surface area contributed by atoms with Crippen molar-refractivity contribution >= 4 is 17.5 Å². The van der Waals surface area contributed by atoms with Crippen LogP contribution in [0, 0.1) is 11.8 Å². The van der Waals surface area contributed by atoms with Crippen LogP contribution in [0.2, 0.25) is 0 Å². The highest BCUT2D eigenvalue weighted by molar-refractivity contribution is 6.23. The number of anilines is 1. The van der Waals surface area contributed by atoms with Gasteiger partial charge >= 0.3 is 0 Å².